The Bertz CT molecular complexity index is 3620. The molecule has 3 nitrogen and oxygen atoms in total. The number of fused-ring (bicyclic) bond motifs is 7. The standard InChI is InChI=1S/C59H33B7N2O/c60-51-48-49(54(63)57(66)56(65)53(48)62)52(61)55(64)50(51)59(46-26-15-25-41-40-24-13-14-27-47(40)69-58(41)46)44-30-28-38(67(34-16-5-1-6-17-34)35-18-7-2-8-19-35)32-42(44)43-33-39(29-31-45(43)59)68(36-20-9-3-10-21-36)37-22-11-4-12-23-37/h1-33H. The van der Waals surface area contributed by atoms with Gasteiger partial charge < -0.3 is 14.2 Å². The van der Waals surface area contributed by atoms with Crippen molar-refractivity contribution in [3.63, 3.8) is 0 Å². The molecule has 12 rings (SSSR count). The highest BCUT2D eigenvalue weighted by Gasteiger charge is 2.50. The number of para-hydroxylation sites is 6. The Morgan fingerprint density at radius 2 is 0.725 bits per heavy atom. The van der Waals surface area contributed by atoms with Gasteiger partial charge in [0.15, 0.2) is 0 Å². The lowest BCUT2D eigenvalue weighted by atomic mass is 9.54. The van der Waals surface area contributed by atoms with Crippen LogP contribution in [0, 0.1) is 0 Å². The van der Waals surface area contributed by atoms with Crippen molar-refractivity contribution in [2.24, 2.45) is 0 Å². The zero-order valence-corrected chi connectivity index (χ0v) is 37.4. The monoisotopic (exact) mass is 862 g/mol. The second-order valence-corrected chi connectivity index (χ2v) is 17.5. The zero-order chi connectivity index (χ0) is 47.1. The van der Waals surface area contributed by atoms with Crippen molar-refractivity contribution in [1.29, 1.82) is 0 Å². The van der Waals surface area contributed by atoms with Crippen LogP contribution in [-0.4, -0.2) is 54.9 Å². The van der Waals surface area contributed by atoms with Crippen molar-refractivity contribution >= 4 is 160 Å². The van der Waals surface area contributed by atoms with E-state index in [4.69, 9.17) is 59.3 Å². The molecule has 1 heterocycles. The molecule has 0 saturated carbocycles. The molecule has 0 saturated heterocycles. The summed E-state index contributed by atoms with van der Waals surface area (Å²) in [6.07, 6.45) is 0. The molecule has 0 spiro atoms. The van der Waals surface area contributed by atoms with Gasteiger partial charge >= 0.3 is 0 Å². The molecule has 1 aliphatic rings. The Morgan fingerprint density at radius 3 is 1.20 bits per heavy atom. The minimum atomic E-state index is -1.29. The van der Waals surface area contributed by atoms with Crippen LogP contribution in [0.25, 0.3) is 43.8 Å². The van der Waals surface area contributed by atoms with E-state index in [9.17, 15) is 0 Å². The summed E-state index contributed by atoms with van der Waals surface area (Å²) in [4.78, 5) is 4.52. The summed E-state index contributed by atoms with van der Waals surface area (Å²) in [5, 5.41) is 2.62. The Hall–Kier alpha value is -7.69. The zero-order valence-electron chi connectivity index (χ0n) is 37.4. The Morgan fingerprint density at radius 1 is 0.319 bits per heavy atom. The van der Waals surface area contributed by atoms with Crippen LogP contribution in [0.2, 0.25) is 0 Å². The number of hydrogen-bond acceptors (Lipinski definition) is 3. The number of rotatable bonds is 8. The van der Waals surface area contributed by atoms with Gasteiger partial charge in [-0.3, -0.25) is 0 Å². The Labute approximate surface area is 411 Å². The number of furan rings is 1. The molecule has 0 unspecified atom stereocenters. The van der Waals surface area contributed by atoms with E-state index in [-0.39, 0.29) is 38.2 Å². The summed E-state index contributed by atoms with van der Waals surface area (Å²) < 4.78 is 6.99. The summed E-state index contributed by atoms with van der Waals surface area (Å²) >= 11 is 0. The average molecular weight is 862 g/mol. The molecule has 0 aliphatic heterocycles. The summed E-state index contributed by atoms with van der Waals surface area (Å²) in [6.45, 7) is 0. The summed E-state index contributed by atoms with van der Waals surface area (Å²) in [7, 11) is 49.2. The highest BCUT2D eigenvalue weighted by molar-refractivity contribution is 6.71. The molecule has 0 amide bonds. The first kappa shape index (κ1) is 42.7. The van der Waals surface area contributed by atoms with Gasteiger partial charge in [-0.1, -0.05) is 149 Å². The highest BCUT2D eigenvalue weighted by atomic mass is 16.3. The predicted octanol–water partition coefficient (Wildman–Crippen LogP) is 7.60. The van der Waals surface area contributed by atoms with E-state index in [0.29, 0.717) is 21.9 Å². The maximum Gasteiger partial charge on any atom is 0.140 e. The van der Waals surface area contributed by atoms with E-state index in [2.05, 4.69) is 168 Å². The topological polar surface area (TPSA) is 19.6 Å². The van der Waals surface area contributed by atoms with Gasteiger partial charge in [-0.05, 0) is 117 Å². The molecule has 306 valence electrons. The first-order valence-electron chi connectivity index (χ1n) is 22.7. The molecule has 10 heteroatoms. The molecule has 11 aromatic rings. The smallest absolute Gasteiger partial charge is 0.140 e. The molecule has 14 radical (unpaired) electrons. The minimum Gasteiger partial charge on any atom is -0.456 e. The van der Waals surface area contributed by atoms with Gasteiger partial charge in [0.25, 0.3) is 0 Å². The van der Waals surface area contributed by atoms with Gasteiger partial charge in [0, 0.05) is 50.5 Å². The van der Waals surface area contributed by atoms with Gasteiger partial charge in [-0.2, -0.15) is 0 Å². The first-order chi connectivity index (χ1) is 33.7. The molecular formula is C59H33B7N2O. The van der Waals surface area contributed by atoms with Crippen LogP contribution in [0.3, 0.4) is 0 Å². The molecule has 69 heavy (non-hydrogen) atoms. The predicted molar refractivity (Wildman–Crippen MR) is 296 cm³/mol. The lowest BCUT2D eigenvalue weighted by molar-refractivity contribution is 0.649. The third-order valence-corrected chi connectivity index (χ3v) is 13.9. The van der Waals surface area contributed by atoms with Crippen molar-refractivity contribution in [1.82, 2.24) is 0 Å². The molecule has 10 aromatic carbocycles. The van der Waals surface area contributed by atoms with Crippen LogP contribution >= 0.6 is 0 Å². The molecule has 0 atom stereocenters. The van der Waals surface area contributed by atoms with E-state index in [1.54, 1.807) is 0 Å². The quantitative estimate of drug-likeness (QED) is 0.147. The Balaban J connectivity index is 1.26. The second kappa shape index (κ2) is 16.5. The van der Waals surface area contributed by atoms with Crippen LogP contribution in [-0.2, 0) is 5.41 Å². The van der Waals surface area contributed by atoms with Gasteiger partial charge in [0.05, 0.1) is 5.41 Å². The number of hydrogen-bond donors (Lipinski definition) is 0. The second-order valence-electron chi connectivity index (χ2n) is 17.5. The summed E-state index contributed by atoms with van der Waals surface area (Å²) in [5.41, 5.74) is 12.1. The number of anilines is 6. The maximum absolute atomic E-state index is 7.66. The number of benzene rings is 10. The van der Waals surface area contributed by atoms with Crippen molar-refractivity contribution in [2.45, 2.75) is 5.41 Å². The fraction of sp³-hybridized carbons (Fsp3) is 0.0169. The SMILES string of the molecule is [B]c1c([B])c([B])c2c([B])c(C3(c4cccc5c4oc4ccccc45)c4ccc(N(c5ccccc5)c5ccccc5)cc4-c4cc(N(c5ccccc5)c5ccccc5)ccc43)c([B])c([B])c2c1[B]. The third kappa shape index (κ3) is 6.38. The summed E-state index contributed by atoms with van der Waals surface area (Å²) in [5.74, 6) is 0. The normalized spacial score (nSPS) is 12.6. The molecule has 0 N–H and O–H groups in total. The Kier molecular flexibility index (Phi) is 10.2. The molecule has 0 bridgehead atoms. The molecular weight excluding hydrogens is 828 g/mol. The number of nitrogens with zero attached hydrogens (tertiary/aromatic N) is 2. The van der Waals surface area contributed by atoms with E-state index in [0.717, 1.165) is 78.3 Å². The van der Waals surface area contributed by atoms with Crippen LogP contribution in [0.5, 0.6) is 0 Å². The largest absolute Gasteiger partial charge is 0.456 e. The van der Waals surface area contributed by atoms with Crippen molar-refractivity contribution in [2.75, 3.05) is 9.80 Å². The summed E-state index contributed by atoms with van der Waals surface area (Å²) in [6, 6.07) is 68.9. The van der Waals surface area contributed by atoms with E-state index in [1.165, 1.54) is 0 Å². The maximum atomic E-state index is 7.66. The van der Waals surface area contributed by atoms with Gasteiger partial charge in [-0.25, -0.2) is 0 Å². The molecule has 1 aromatic heterocycles. The van der Waals surface area contributed by atoms with Crippen LogP contribution in [0.1, 0.15) is 22.3 Å². The van der Waals surface area contributed by atoms with Crippen molar-refractivity contribution in [3.8, 4) is 11.1 Å². The average Bonchev–Trinajstić information content (AvgIpc) is 3.91. The van der Waals surface area contributed by atoms with E-state index < -0.39 is 5.41 Å². The molecule has 1 aliphatic carbocycles. The third-order valence-electron chi connectivity index (χ3n) is 13.9. The lowest BCUT2D eigenvalue weighted by Gasteiger charge is -2.39. The lowest BCUT2D eigenvalue weighted by Crippen LogP contribution is -2.54. The fourth-order valence-electron chi connectivity index (χ4n) is 10.9. The van der Waals surface area contributed by atoms with Gasteiger partial charge in [-0.15, -0.1) is 10.9 Å². The van der Waals surface area contributed by atoms with Crippen molar-refractivity contribution in [3.05, 3.63) is 222 Å². The van der Waals surface area contributed by atoms with Crippen LogP contribution < -0.4 is 48.0 Å². The molecule has 0 fully saturated rings. The minimum absolute atomic E-state index is 0.111. The van der Waals surface area contributed by atoms with E-state index in [1.807, 2.05) is 42.5 Å². The van der Waals surface area contributed by atoms with Gasteiger partial charge in [0.1, 0.15) is 66.1 Å². The van der Waals surface area contributed by atoms with E-state index >= 15 is 0 Å². The fourth-order valence-corrected chi connectivity index (χ4v) is 10.9. The van der Waals surface area contributed by atoms with Crippen LogP contribution in [0.4, 0.5) is 34.1 Å². The first-order valence-corrected chi connectivity index (χ1v) is 22.7. The van der Waals surface area contributed by atoms with Crippen molar-refractivity contribution < 1.29 is 4.42 Å². The van der Waals surface area contributed by atoms with Gasteiger partial charge in [0.2, 0.25) is 0 Å². The highest BCUT2D eigenvalue weighted by Crippen LogP contribution is 2.59. The van der Waals surface area contributed by atoms with Crippen LogP contribution in [0.15, 0.2) is 205 Å².